The van der Waals surface area contributed by atoms with Gasteiger partial charge in [-0.05, 0) is 30.3 Å². The zero-order valence-corrected chi connectivity index (χ0v) is 12.4. The van der Waals surface area contributed by atoms with E-state index in [-0.39, 0.29) is 16.4 Å². The van der Waals surface area contributed by atoms with Gasteiger partial charge in [0.25, 0.3) is 0 Å². The number of halogens is 1. The zero-order valence-electron chi connectivity index (χ0n) is 10.0. The first-order valence-electron chi connectivity index (χ1n) is 5.36. The van der Waals surface area contributed by atoms with Crippen LogP contribution in [0.1, 0.15) is 0 Å². The van der Waals surface area contributed by atoms with Crippen LogP contribution < -0.4 is 8.92 Å². The molecule has 4 nitrogen and oxygen atoms in total. The number of benzene rings is 2. The van der Waals surface area contributed by atoms with E-state index in [9.17, 15) is 8.42 Å². The fourth-order valence-electron chi connectivity index (χ4n) is 1.49. The van der Waals surface area contributed by atoms with E-state index in [1.54, 1.807) is 42.5 Å². The van der Waals surface area contributed by atoms with Crippen LogP contribution >= 0.6 is 15.9 Å². The second kappa shape index (κ2) is 5.63. The molecule has 2 aromatic rings. The molecule has 0 saturated carbocycles. The van der Waals surface area contributed by atoms with Gasteiger partial charge in [-0.25, -0.2) is 0 Å². The Balaban J connectivity index is 2.42. The molecule has 2 rings (SSSR count). The Morgan fingerprint density at radius 1 is 1.05 bits per heavy atom. The van der Waals surface area contributed by atoms with Gasteiger partial charge in [0.1, 0.15) is 16.4 Å². The lowest BCUT2D eigenvalue weighted by molar-refractivity contribution is 0.398. The Morgan fingerprint density at radius 3 is 2.37 bits per heavy atom. The number of ether oxygens (including phenoxy) is 1. The fourth-order valence-corrected chi connectivity index (χ4v) is 3.13. The average molecular weight is 343 g/mol. The van der Waals surface area contributed by atoms with Gasteiger partial charge in [-0.15, -0.1) is 0 Å². The Labute approximate surface area is 120 Å². The van der Waals surface area contributed by atoms with Crippen molar-refractivity contribution in [2.75, 3.05) is 7.11 Å². The van der Waals surface area contributed by atoms with E-state index >= 15 is 0 Å². The van der Waals surface area contributed by atoms with Crippen molar-refractivity contribution in [3.63, 3.8) is 0 Å². The number of hydrogen-bond donors (Lipinski definition) is 0. The van der Waals surface area contributed by atoms with Crippen molar-refractivity contribution in [1.29, 1.82) is 0 Å². The summed E-state index contributed by atoms with van der Waals surface area (Å²) in [4.78, 5) is -0.0202. The average Bonchev–Trinajstić information content (AvgIpc) is 2.39. The molecule has 0 fully saturated rings. The van der Waals surface area contributed by atoms with Gasteiger partial charge < -0.3 is 8.92 Å². The number of methoxy groups -OCH3 is 1. The molecule has 0 amide bonds. The second-order valence-electron chi connectivity index (χ2n) is 3.65. The number of para-hydroxylation sites is 1. The monoisotopic (exact) mass is 342 g/mol. The highest BCUT2D eigenvalue weighted by Crippen LogP contribution is 2.29. The molecule has 6 heteroatoms. The van der Waals surface area contributed by atoms with Crippen LogP contribution in [0.3, 0.4) is 0 Å². The zero-order chi connectivity index (χ0) is 13.9. The summed E-state index contributed by atoms with van der Waals surface area (Å²) in [5, 5.41) is 0. The van der Waals surface area contributed by atoms with E-state index in [4.69, 9.17) is 8.92 Å². The molecule has 19 heavy (non-hydrogen) atoms. The normalized spacial score (nSPS) is 11.1. The van der Waals surface area contributed by atoms with Crippen LogP contribution in [0, 0.1) is 0 Å². The van der Waals surface area contributed by atoms with Crippen LogP contribution in [0.25, 0.3) is 0 Å². The molecule has 0 atom stereocenters. The predicted molar refractivity (Wildman–Crippen MR) is 74.9 cm³/mol. The Hall–Kier alpha value is -1.53. The van der Waals surface area contributed by atoms with Gasteiger partial charge in [0, 0.05) is 4.47 Å². The highest BCUT2D eigenvalue weighted by molar-refractivity contribution is 9.10. The molecule has 0 aliphatic rings. The summed E-state index contributed by atoms with van der Waals surface area (Å²) in [6.07, 6.45) is 0. The summed E-state index contributed by atoms with van der Waals surface area (Å²) in [6.45, 7) is 0. The van der Waals surface area contributed by atoms with E-state index in [1.165, 1.54) is 13.2 Å². The molecule has 100 valence electrons. The molecule has 0 radical (unpaired) electrons. The first kappa shape index (κ1) is 13.9. The minimum Gasteiger partial charge on any atom is -0.495 e. The van der Waals surface area contributed by atoms with Crippen LogP contribution in [0.4, 0.5) is 0 Å². The molecule has 0 heterocycles. The quantitative estimate of drug-likeness (QED) is 0.800. The Bertz CT molecular complexity index is 668. The van der Waals surface area contributed by atoms with Gasteiger partial charge in [0.15, 0.2) is 0 Å². The van der Waals surface area contributed by atoms with Crippen molar-refractivity contribution in [2.45, 2.75) is 4.90 Å². The molecule has 0 bridgehead atoms. The molecule has 0 N–H and O–H groups in total. The topological polar surface area (TPSA) is 52.6 Å². The third-order valence-electron chi connectivity index (χ3n) is 2.34. The standard InChI is InChI=1S/C13H11BrO4S/c1-17-12-8-7-10(14)9-13(12)19(15,16)18-11-5-3-2-4-6-11/h2-9H,1H3. The highest BCUT2D eigenvalue weighted by Gasteiger charge is 2.22. The van der Waals surface area contributed by atoms with Gasteiger partial charge >= 0.3 is 10.1 Å². The molecule has 0 saturated heterocycles. The van der Waals surface area contributed by atoms with Crippen molar-refractivity contribution in [3.8, 4) is 11.5 Å². The van der Waals surface area contributed by atoms with Gasteiger partial charge in [-0.3, -0.25) is 0 Å². The first-order valence-corrected chi connectivity index (χ1v) is 7.56. The third-order valence-corrected chi connectivity index (χ3v) is 4.11. The first-order chi connectivity index (χ1) is 9.03. The van der Waals surface area contributed by atoms with Crippen LogP contribution in [0.5, 0.6) is 11.5 Å². The summed E-state index contributed by atoms with van der Waals surface area (Å²) in [5.41, 5.74) is 0. The van der Waals surface area contributed by atoms with E-state index in [2.05, 4.69) is 15.9 Å². The van der Waals surface area contributed by atoms with Crippen LogP contribution in [0.15, 0.2) is 57.9 Å². The van der Waals surface area contributed by atoms with Crippen LogP contribution in [0.2, 0.25) is 0 Å². The lowest BCUT2D eigenvalue weighted by Gasteiger charge is -2.10. The largest absolute Gasteiger partial charge is 0.495 e. The van der Waals surface area contributed by atoms with Crippen molar-refractivity contribution in [1.82, 2.24) is 0 Å². The van der Waals surface area contributed by atoms with Crippen LogP contribution in [-0.4, -0.2) is 15.5 Å². The second-order valence-corrected chi connectivity index (χ2v) is 6.08. The molecule has 0 unspecified atom stereocenters. The lowest BCUT2D eigenvalue weighted by Crippen LogP contribution is -2.11. The summed E-state index contributed by atoms with van der Waals surface area (Å²) in [7, 11) is -2.53. The maximum Gasteiger partial charge on any atom is 0.342 e. The molecular formula is C13H11BrO4S. The van der Waals surface area contributed by atoms with Crippen molar-refractivity contribution in [3.05, 3.63) is 53.0 Å². The van der Waals surface area contributed by atoms with Gasteiger partial charge in [-0.2, -0.15) is 8.42 Å². The third kappa shape index (κ3) is 3.27. The van der Waals surface area contributed by atoms with Gasteiger partial charge in [-0.1, -0.05) is 34.1 Å². The summed E-state index contributed by atoms with van der Waals surface area (Å²) in [5.74, 6) is 0.489. The molecule has 0 spiro atoms. The Kier molecular flexibility index (Phi) is 4.11. The maximum atomic E-state index is 12.2. The smallest absolute Gasteiger partial charge is 0.342 e. The summed E-state index contributed by atoms with van der Waals surface area (Å²) >= 11 is 3.23. The lowest BCUT2D eigenvalue weighted by atomic mass is 10.3. The van der Waals surface area contributed by atoms with Crippen molar-refractivity contribution in [2.24, 2.45) is 0 Å². The van der Waals surface area contributed by atoms with Gasteiger partial charge in [0.2, 0.25) is 0 Å². The highest BCUT2D eigenvalue weighted by atomic mass is 79.9. The van der Waals surface area contributed by atoms with Crippen molar-refractivity contribution < 1.29 is 17.3 Å². The van der Waals surface area contributed by atoms with Gasteiger partial charge in [0.05, 0.1) is 7.11 Å². The van der Waals surface area contributed by atoms with E-state index in [1.807, 2.05) is 0 Å². The predicted octanol–water partition coefficient (Wildman–Crippen LogP) is 3.23. The van der Waals surface area contributed by atoms with E-state index < -0.39 is 10.1 Å². The molecule has 0 aliphatic carbocycles. The Morgan fingerprint density at radius 2 is 1.74 bits per heavy atom. The van der Waals surface area contributed by atoms with Crippen molar-refractivity contribution >= 4 is 26.0 Å². The minimum absolute atomic E-state index is 0.0202. The molecule has 2 aromatic carbocycles. The summed E-state index contributed by atoms with van der Waals surface area (Å²) in [6, 6.07) is 13.0. The minimum atomic E-state index is -3.93. The molecular weight excluding hydrogens is 332 g/mol. The van der Waals surface area contributed by atoms with Crippen LogP contribution in [-0.2, 0) is 10.1 Å². The fraction of sp³-hybridized carbons (Fsp3) is 0.0769. The van der Waals surface area contributed by atoms with E-state index in [0.29, 0.717) is 4.47 Å². The summed E-state index contributed by atoms with van der Waals surface area (Å²) < 4.78 is 35.2. The SMILES string of the molecule is COc1ccc(Br)cc1S(=O)(=O)Oc1ccccc1. The van der Waals surface area contributed by atoms with E-state index in [0.717, 1.165) is 0 Å². The molecule has 0 aliphatic heterocycles. The number of rotatable bonds is 4. The number of hydrogen-bond acceptors (Lipinski definition) is 4. The molecule has 0 aromatic heterocycles. The maximum absolute atomic E-state index is 12.2.